The molecule has 0 saturated heterocycles. The number of hydrogen-bond acceptors (Lipinski definition) is 5. The van der Waals surface area contributed by atoms with Gasteiger partial charge in [0, 0.05) is 5.69 Å². The Morgan fingerprint density at radius 2 is 2.35 bits per heavy atom. The maximum Gasteiger partial charge on any atom is 0.343 e. The first-order chi connectivity index (χ1) is 8.17. The van der Waals surface area contributed by atoms with Crippen LogP contribution in [0.5, 0.6) is 0 Å². The van der Waals surface area contributed by atoms with E-state index in [0.29, 0.717) is 11.9 Å². The van der Waals surface area contributed by atoms with Crippen molar-refractivity contribution in [1.82, 2.24) is 14.6 Å². The maximum absolute atomic E-state index is 11.6. The van der Waals surface area contributed by atoms with Crippen molar-refractivity contribution in [3.05, 3.63) is 29.2 Å². The van der Waals surface area contributed by atoms with E-state index in [2.05, 4.69) is 10.1 Å². The lowest BCUT2D eigenvalue weighted by Crippen LogP contribution is -2.06. The van der Waals surface area contributed by atoms with Gasteiger partial charge in [-0.1, -0.05) is 0 Å². The van der Waals surface area contributed by atoms with Gasteiger partial charge in [0.2, 0.25) is 0 Å². The molecular formula is C11H11N3O3. The van der Waals surface area contributed by atoms with Crippen molar-refractivity contribution in [2.75, 3.05) is 6.61 Å². The normalized spacial score (nSPS) is 10.5. The van der Waals surface area contributed by atoms with Crippen molar-refractivity contribution in [3.63, 3.8) is 0 Å². The van der Waals surface area contributed by atoms with Crippen LogP contribution in [0.3, 0.4) is 0 Å². The van der Waals surface area contributed by atoms with Crippen molar-refractivity contribution >= 4 is 17.9 Å². The Bertz CT molecular complexity index is 589. The lowest BCUT2D eigenvalue weighted by Gasteiger charge is -2.01. The highest BCUT2D eigenvalue weighted by atomic mass is 16.5. The zero-order valence-corrected chi connectivity index (χ0v) is 9.51. The number of hydrogen-bond donors (Lipinski definition) is 0. The Morgan fingerprint density at radius 1 is 1.59 bits per heavy atom. The van der Waals surface area contributed by atoms with Gasteiger partial charge in [0.25, 0.3) is 0 Å². The summed E-state index contributed by atoms with van der Waals surface area (Å²) in [5, 5.41) is 4.03. The number of esters is 1. The molecule has 6 nitrogen and oxygen atoms in total. The third-order valence-corrected chi connectivity index (χ3v) is 2.29. The second-order valence-electron chi connectivity index (χ2n) is 3.45. The fourth-order valence-corrected chi connectivity index (χ4v) is 1.55. The van der Waals surface area contributed by atoms with Gasteiger partial charge in [-0.3, -0.25) is 4.79 Å². The zero-order valence-electron chi connectivity index (χ0n) is 9.51. The fourth-order valence-electron chi connectivity index (χ4n) is 1.55. The first kappa shape index (κ1) is 11.3. The van der Waals surface area contributed by atoms with Crippen molar-refractivity contribution in [2.45, 2.75) is 13.8 Å². The molecule has 0 radical (unpaired) electrons. The first-order valence-corrected chi connectivity index (χ1v) is 5.15. The van der Waals surface area contributed by atoms with Gasteiger partial charge in [-0.05, 0) is 19.9 Å². The number of nitrogens with zero attached hydrogens (tertiary/aromatic N) is 3. The number of aromatic nitrogens is 3. The van der Waals surface area contributed by atoms with E-state index in [-0.39, 0.29) is 17.9 Å². The number of ether oxygens (including phenoxy) is 1. The number of carbonyl (C=O) groups is 2. The quantitative estimate of drug-likeness (QED) is 0.584. The molecule has 2 aromatic rings. The van der Waals surface area contributed by atoms with Gasteiger partial charge in [0.15, 0.2) is 11.9 Å². The summed E-state index contributed by atoms with van der Waals surface area (Å²) >= 11 is 0. The average molecular weight is 233 g/mol. The molecule has 0 N–H and O–H groups in total. The third kappa shape index (κ3) is 1.89. The molecule has 0 spiro atoms. The predicted molar refractivity (Wildman–Crippen MR) is 59.1 cm³/mol. The summed E-state index contributed by atoms with van der Waals surface area (Å²) in [6.45, 7) is 3.78. The summed E-state index contributed by atoms with van der Waals surface area (Å²) in [6, 6.07) is 1.60. The molecule has 0 aliphatic carbocycles. The summed E-state index contributed by atoms with van der Waals surface area (Å²) in [6.07, 6.45) is 2.02. The van der Waals surface area contributed by atoms with Gasteiger partial charge in [-0.15, -0.1) is 0 Å². The Balaban J connectivity index is 2.62. The Kier molecular flexibility index (Phi) is 2.86. The van der Waals surface area contributed by atoms with E-state index in [1.54, 1.807) is 19.9 Å². The maximum atomic E-state index is 11.6. The SMILES string of the molecule is CCOC(=O)c1cnn2c(C)cc(C=O)nc12. The molecule has 6 heteroatoms. The summed E-state index contributed by atoms with van der Waals surface area (Å²) in [7, 11) is 0. The lowest BCUT2D eigenvalue weighted by atomic mass is 10.3. The molecule has 17 heavy (non-hydrogen) atoms. The highest BCUT2D eigenvalue weighted by molar-refractivity contribution is 5.96. The topological polar surface area (TPSA) is 73.6 Å². The minimum atomic E-state index is -0.488. The second-order valence-corrected chi connectivity index (χ2v) is 3.45. The Hall–Kier alpha value is -2.24. The van der Waals surface area contributed by atoms with E-state index >= 15 is 0 Å². The van der Waals surface area contributed by atoms with Crippen LogP contribution in [0.4, 0.5) is 0 Å². The molecule has 0 aromatic carbocycles. The highest BCUT2D eigenvalue weighted by Crippen LogP contribution is 2.12. The highest BCUT2D eigenvalue weighted by Gasteiger charge is 2.16. The standard InChI is InChI=1S/C11H11N3O3/c1-3-17-11(16)9-5-12-14-7(2)4-8(6-15)13-10(9)14/h4-6H,3H2,1-2H3. The van der Waals surface area contributed by atoms with Crippen LogP contribution >= 0.6 is 0 Å². The monoisotopic (exact) mass is 233 g/mol. The van der Waals surface area contributed by atoms with Gasteiger partial charge < -0.3 is 4.74 Å². The summed E-state index contributed by atoms with van der Waals surface area (Å²) in [5.41, 5.74) is 1.60. The van der Waals surface area contributed by atoms with Crippen LogP contribution in [0.15, 0.2) is 12.3 Å². The molecule has 0 unspecified atom stereocenters. The van der Waals surface area contributed by atoms with Crippen LogP contribution in [0.2, 0.25) is 0 Å². The number of fused-ring (bicyclic) bond motifs is 1. The molecule has 0 amide bonds. The number of aryl methyl sites for hydroxylation is 1. The Labute approximate surface area is 97.2 Å². The Morgan fingerprint density at radius 3 is 3.00 bits per heavy atom. The molecule has 0 fully saturated rings. The van der Waals surface area contributed by atoms with E-state index in [0.717, 1.165) is 5.69 Å². The van der Waals surface area contributed by atoms with Crippen molar-refractivity contribution in [3.8, 4) is 0 Å². The molecular weight excluding hydrogens is 222 g/mol. The van der Waals surface area contributed by atoms with Crippen molar-refractivity contribution in [1.29, 1.82) is 0 Å². The first-order valence-electron chi connectivity index (χ1n) is 5.15. The molecule has 2 rings (SSSR count). The number of aldehydes is 1. The smallest absolute Gasteiger partial charge is 0.343 e. The molecule has 0 aliphatic rings. The van der Waals surface area contributed by atoms with E-state index < -0.39 is 5.97 Å². The van der Waals surface area contributed by atoms with Gasteiger partial charge in [0.05, 0.1) is 12.8 Å². The predicted octanol–water partition coefficient (Wildman–Crippen LogP) is 1.03. The van der Waals surface area contributed by atoms with Crippen LogP contribution < -0.4 is 0 Å². The van der Waals surface area contributed by atoms with Gasteiger partial charge in [0.1, 0.15) is 11.3 Å². The summed E-state index contributed by atoms with van der Waals surface area (Å²) in [5.74, 6) is -0.488. The van der Waals surface area contributed by atoms with E-state index in [9.17, 15) is 9.59 Å². The van der Waals surface area contributed by atoms with Crippen LogP contribution in [-0.4, -0.2) is 33.5 Å². The molecule has 0 aliphatic heterocycles. The van der Waals surface area contributed by atoms with Crippen LogP contribution in [-0.2, 0) is 4.74 Å². The summed E-state index contributed by atoms with van der Waals surface area (Å²) in [4.78, 5) is 26.4. The average Bonchev–Trinajstić information content (AvgIpc) is 2.73. The van der Waals surface area contributed by atoms with E-state index in [1.165, 1.54) is 10.7 Å². The van der Waals surface area contributed by atoms with E-state index in [1.807, 2.05) is 0 Å². The van der Waals surface area contributed by atoms with Gasteiger partial charge >= 0.3 is 5.97 Å². The van der Waals surface area contributed by atoms with Crippen molar-refractivity contribution < 1.29 is 14.3 Å². The lowest BCUT2D eigenvalue weighted by molar-refractivity contribution is 0.0528. The summed E-state index contributed by atoms with van der Waals surface area (Å²) < 4.78 is 6.39. The van der Waals surface area contributed by atoms with Crippen LogP contribution in [0.25, 0.3) is 5.65 Å². The molecule has 88 valence electrons. The zero-order chi connectivity index (χ0) is 12.4. The van der Waals surface area contributed by atoms with E-state index in [4.69, 9.17) is 4.74 Å². The largest absolute Gasteiger partial charge is 0.462 e. The van der Waals surface area contributed by atoms with Gasteiger partial charge in [-0.25, -0.2) is 14.3 Å². The third-order valence-electron chi connectivity index (χ3n) is 2.29. The minimum Gasteiger partial charge on any atom is -0.462 e. The number of carbonyl (C=O) groups excluding carboxylic acids is 2. The number of rotatable bonds is 3. The van der Waals surface area contributed by atoms with Crippen LogP contribution in [0, 0.1) is 6.92 Å². The second kappa shape index (κ2) is 4.32. The van der Waals surface area contributed by atoms with Crippen LogP contribution in [0.1, 0.15) is 33.5 Å². The molecule has 2 aromatic heterocycles. The fraction of sp³-hybridized carbons (Fsp3) is 0.273. The minimum absolute atomic E-state index is 0.263. The molecule has 2 heterocycles. The van der Waals surface area contributed by atoms with Gasteiger partial charge in [-0.2, -0.15) is 5.10 Å². The van der Waals surface area contributed by atoms with Crippen molar-refractivity contribution in [2.24, 2.45) is 0 Å². The molecule has 0 bridgehead atoms. The molecule has 0 saturated carbocycles. The molecule has 0 atom stereocenters.